The second-order valence-electron chi connectivity index (χ2n) is 8.53. The summed E-state index contributed by atoms with van der Waals surface area (Å²) in [4.78, 5) is 28.4. The first-order valence-electron chi connectivity index (χ1n) is 11.6. The van der Waals surface area contributed by atoms with Gasteiger partial charge in [0, 0.05) is 18.9 Å². The quantitative estimate of drug-likeness (QED) is 0.381. The lowest BCUT2D eigenvalue weighted by Gasteiger charge is -2.12. The Morgan fingerprint density at radius 3 is 2.56 bits per heavy atom. The summed E-state index contributed by atoms with van der Waals surface area (Å²) in [5.41, 5.74) is 5.34. The van der Waals surface area contributed by atoms with Gasteiger partial charge in [-0.3, -0.25) is 14.3 Å². The van der Waals surface area contributed by atoms with E-state index >= 15 is 0 Å². The van der Waals surface area contributed by atoms with Gasteiger partial charge >= 0.3 is 0 Å². The van der Waals surface area contributed by atoms with E-state index in [-0.39, 0.29) is 11.5 Å². The number of fused-ring (bicyclic) bond motifs is 3. The van der Waals surface area contributed by atoms with E-state index in [1.165, 1.54) is 6.20 Å². The van der Waals surface area contributed by atoms with Crippen LogP contribution in [0.4, 0.5) is 0 Å². The first-order valence-corrected chi connectivity index (χ1v) is 11.6. The molecule has 0 saturated carbocycles. The molecule has 3 heterocycles. The topological polar surface area (TPSA) is 97.1 Å². The van der Waals surface area contributed by atoms with E-state index < -0.39 is 0 Å². The van der Waals surface area contributed by atoms with Crippen LogP contribution in [0, 0.1) is 0 Å². The SMILES string of the molecule is O=C(NCc1ccccc1-c1ccc(Cn2cccn2)cc1)c1cnn2c1[nH]c(=O)c1ccccc12. The highest BCUT2D eigenvalue weighted by Crippen LogP contribution is 2.24. The van der Waals surface area contributed by atoms with Crippen molar-refractivity contribution in [1.29, 1.82) is 0 Å². The molecule has 0 unspecified atom stereocenters. The van der Waals surface area contributed by atoms with Crippen molar-refractivity contribution in [3.63, 3.8) is 0 Å². The van der Waals surface area contributed by atoms with Crippen LogP contribution in [0.15, 0.2) is 102 Å². The number of aromatic nitrogens is 5. The normalized spacial score (nSPS) is 11.2. The number of H-pyrrole nitrogens is 1. The lowest BCUT2D eigenvalue weighted by atomic mass is 9.98. The van der Waals surface area contributed by atoms with Crippen molar-refractivity contribution in [2.75, 3.05) is 0 Å². The molecule has 3 aromatic carbocycles. The zero-order valence-corrected chi connectivity index (χ0v) is 19.3. The van der Waals surface area contributed by atoms with Gasteiger partial charge in [0.05, 0.1) is 23.6 Å². The van der Waals surface area contributed by atoms with E-state index in [0.29, 0.717) is 35.2 Å². The Labute approximate surface area is 205 Å². The predicted molar refractivity (Wildman–Crippen MR) is 138 cm³/mol. The Morgan fingerprint density at radius 2 is 1.72 bits per heavy atom. The van der Waals surface area contributed by atoms with Crippen molar-refractivity contribution in [3.8, 4) is 11.1 Å². The van der Waals surface area contributed by atoms with E-state index in [1.54, 1.807) is 22.8 Å². The third-order valence-corrected chi connectivity index (χ3v) is 6.25. The number of nitrogens with zero attached hydrogens (tertiary/aromatic N) is 4. The standard InChI is InChI=1S/C28H22N6O2/c35-27(24-17-31-34-25-9-4-3-8-23(25)28(36)32-26(24)34)29-16-21-6-1-2-7-22(21)20-12-10-19(11-13-20)18-33-15-5-14-30-33/h1-15,17H,16,18H2,(H,29,35)(H,32,36). The van der Waals surface area contributed by atoms with Crippen LogP contribution < -0.4 is 10.9 Å². The fourth-order valence-corrected chi connectivity index (χ4v) is 4.44. The van der Waals surface area contributed by atoms with Gasteiger partial charge in [0.25, 0.3) is 11.5 Å². The number of hydrogen-bond acceptors (Lipinski definition) is 4. The van der Waals surface area contributed by atoms with Gasteiger partial charge in [-0.1, -0.05) is 60.7 Å². The van der Waals surface area contributed by atoms with Crippen LogP contribution in [0.1, 0.15) is 21.5 Å². The first kappa shape index (κ1) is 21.5. The smallest absolute Gasteiger partial charge is 0.259 e. The third-order valence-electron chi connectivity index (χ3n) is 6.25. The van der Waals surface area contributed by atoms with E-state index in [1.807, 2.05) is 53.3 Å². The Morgan fingerprint density at radius 1 is 0.917 bits per heavy atom. The summed E-state index contributed by atoms with van der Waals surface area (Å²) in [5, 5.41) is 12.1. The number of amides is 1. The van der Waals surface area contributed by atoms with Crippen molar-refractivity contribution in [2.45, 2.75) is 13.1 Å². The molecule has 0 saturated heterocycles. The maximum Gasteiger partial charge on any atom is 0.259 e. The van der Waals surface area contributed by atoms with Crippen molar-refractivity contribution >= 4 is 22.5 Å². The molecular formula is C28H22N6O2. The summed E-state index contributed by atoms with van der Waals surface area (Å²) in [5.74, 6) is -0.305. The highest BCUT2D eigenvalue weighted by atomic mass is 16.2. The fourth-order valence-electron chi connectivity index (χ4n) is 4.44. The van der Waals surface area contributed by atoms with Gasteiger partial charge in [0.1, 0.15) is 11.2 Å². The molecule has 176 valence electrons. The molecular weight excluding hydrogens is 452 g/mol. The molecule has 6 rings (SSSR count). The van der Waals surface area contributed by atoms with Crippen molar-refractivity contribution in [2.24, 2.45) is 0 Å². The maximum absolute atomic E-state index is 13.1. The molecule has 2 N–H and O–H groups in total. The van der Waals surface area contributed by atoms with Crippen LogP contribution in [0.25, 0.3) is 27.7 Å². The van der Waals surface area contributed by atoms with Crippen molar-refractivity contribution in [1.82, 2.24) is 29.7 Å². The van der Waals surface area contributed by atoms with Gasteiger partial charge in [0.2, 0.25) is 0 Å². The predicted octanol–water partition coefficient (Wildman–Crippen LogP) is 4.02. The summed E-state index contributed by atoms with van der Waals surface area (Å²) in [6, 6.07) is 25.4. The van der Waals surface area contributed by atoms with Gasteiger partial charge in [-0.15, -0.1) is 0 Å². The van der Waals surface area contributed by atoms with E-state index in [4.69, 9.17) is 0 Å². The number of aromatic amines is 1. The van der Waals surface area contributed by atoms with Gasteiger partial charge in [-0.25, -0.2) is 4.52 Å². The van der Waals surface area contributed by atoms with Crippen LogP contribution in [0.5, 0.6) is 0 Å². The molecule has 8 nitrogen and oxygen atoms in total. The molecule has 1 amide bonds. The number of rotatable bonds is 6. The van der Waals surface area contributed by atoms with Gasteiger partial charge in [0.15, 0.2) is 0 Å². The second kappa shape index (κ2) is 8.99. The molecule has 0 aliphatic rings. The van der Waals surface area contributed by atoms with E-state index in [9.17, 15) is 9.59 Å². The minimum atomic E-state index is -0.305. The van der Waals surface area contributed by atoms with Crippen molar-refractivity contribution in [3.05, 3.63) is 124 Å². The molecule has 6 aromatic rings. The van der Waals surface area contributed by atoms with Crippen LogP contribution in [-0.4, -0.2) is 30.3 Å². The minimum absolute atomic E-state index is 0.256. The van der Waals surface area contributed by atoms with Gasteiger partial charge in [-0.05, 0) is 40.5 Å². The lowest BCUT2D eigenvalue weighted by molar-refractivity contribution is 0.0952. The number of benzene rings is 3. The molecule has 0 bridgehead atoms. The van der Waals surface area contributed by atoms with Gasteiger partial charge in [-0.2, -0.15) is 10.2 Å². The maximum atomic E-state index is 13.1. The molecule has 0 radical (unpaired) electrons. The Balaban J connectivity index is 1.23. The van der Waals surface area contributed by atoms with Crippen LogP contribution >= 0.6 is 0 Å². The molecule has 0 fully saturated rings. The Bertz CT molecular complexity index is 1750. The highest BCUT2D eigenvalue weighted by Gasteiger charge is 2.16. The molecule has 0 aliphatic heterocycles. The van der Waals surface area contributed by atoms with Crippen LogP contribution in [-0.2, 0) is 13.1 Å². The molecule has 0 aliphatic carbocycles. The zero-order chi connectivity index (χ0) is 24.5. The monoisotopic (exact) mass is 474 g/mol. The van der Waals surface area contributed by atoms with Gasteiger partial charge < -0.3 is 10.3 Å². The summed E-state index contributed by atoms with van der Waals surface area (Å²) < 4.78 is 3.47. The molecule has 36 heavy (non-hydrogen) atoms. The number of nitrogens with one attached hydrogen (secondary N) is 2. The largest absolute Gasteiger partial charge is 0.348 e. The first-order chi connectivity index (χ1) is 17.7. The molecule has 0 atom stereocenters. The lowest BCUT2D eigenvalue weighted by Crippen LogP contribution is -2.23. The summed E-state index contributed by atoms with van der Waals surface area (Å²) >= 11 is 0. The third kappa shape index (κ3) is 3.94. The summed E-state index contributed by atoms with van der Waals surface area (Å²) in [7, 11) is 0. The average molecular weight is 475 g/mol. The molecule has 0 spiro atoms. The molecule has 3 aromatic heterocycles. The number of carbonyl (C=O) groups is 1. The van der Waals surface area contributed by atoms with Crippen LogP contribution in [0.2, 0.25) is 0 Å². The Hall–Kier alpha value is -4.98. The van der Waals surface area contributed by atoms with Crippen molar-refractivity contribution < 1.29 is 4.79 Å². The Kier molecular flexibility index (Phi) is 5.38. The summed E-state index contributed by atoms with van der Waals surface area (Å²) in [6.07, 6.45) is 5.19. The number of para-hydroxylation sites is 1. The molecule has 8 heteroatoms. The highest BCUT2D eigenvalue weighted by molar-refractivity contribution is 6.00. The average Bonchev–Trinajstić information content (AvgIpc) is 3.58. The van der Waals surface area contributed by atoms with E-state index in [2.05, 4.69) is 44.8 Å². The summed E-state index contributed by atoms with van der Waals surface area (Å²) in [6.45, 7) is 1.04. The zero-order valence-electron chi connectivity index (χ0n) is 19.3. The van der Waals surface area contributed by atoms with E-state index in [0.717, 1.165) is 22.3 Å². The fraction of sp³-hybridized carbons (Fsp3) is 0.0714. The second-order valence-corrected chi connectivity index (χ2v) is 8.53. The number of carbonyl (C=O) groups excluding carboxylic acids is 1. The van der Waals surface area contributed by atoms with Crippen LogP contribution in [0.3, 0.4) is 0 Å². The minimum Gasteiger partial charge on any atom is -0.348 e. The number of hydrogen-bond donors (Lipinski definition) is 2.